The normalized spacial score (nSPS) is 13.3. The minimum Gasteiger partial charge on any atom is -0.395 e. The average molecular weight is 990 g/mol. The third kappa shape index (κ3) is 40.3. The molecule has 0 saturated carbocycles. The second-order valence-corrected chi connectivity index (χ2v) is 24.7. The summed E-state index contributed by atoms with van der Waals surface area (Å²) in [5.74, 6) is -1.75. The molecule has 0 aliphatic carbocycles. The molecule has 0 aliphatic heterocycles. The highest BCUT2D eigenvalue weighted by Gasteiger charge is 2.42. The van der Waals surface area contributed by atoms with Gasteiger partial charge in [-0.25, -0.2) is 0 Å². The molecule has 0 unspecified atom stereocenters. The number of quaternary nitrogens is 1. The second kappa shape index (κ2) is 36.6. The standard InChI is InChI=1S/C40H88N4O15S3Si/c1-4-5-6-7-8-9-10-11-12-13-14-15-16-17-18-19-29-44(2,3)30-20-39-63(59-40-43(23-33-47)28-38-62(54,55)56,57-34-24-41(21-31-45)26-36-60(48,49)50)58-35-25-42(22-32-46)27-37-61(51,52)53/h45-47H,4-40H2,1-3H3,(H2-,48,49,50,51,52,53,54,55,56)/p+1. The summed E-state index contributed by atoms with van der Waals surface area (Å²) in [5.41, 5.74) is 0. The summed E-state index contributed by atoms with van der Waals surface area (Å²) in [4.78, 5) is 4.66. The Hall–Kier alpha value is -0.453. The maximum atomic E-state index is 11.6. The molecular formula is C40H89N4O15S3Si+. The molecular weight excluding hydrogens is 901 g/mol. The van der Waals surface area contributed by atoms with Crippen LogP contribution in [-0.4, -0.2) is 219 Å². The summed E-state index contributed by atoms with van der Waals surface area (Å²) in [6.45, 7) is 2.71. The smallest absolute Gasteiger partial charge is 0.395 e. The van der Waals surface area contributed by atoms with Crippen molar-refractivity contribution >= 4 is 39.2 Å². The van der Waals surface area contributed by atoms with E-state index in [0.29, 0.717) is 10.9 Å². The Labute approximate surface area is 383 Å². The minimum absolute atomic E-state index is 0.00303. The average Bonchev–Trinajstić information content (AvgIpc) is 3.18. The monoisotopic (exact) mass is 990 g/mol. The van der Waals surface area contributed by atoms with Gasteiger partial charge in [0.15, 0.2) is 0 Å². The molecule has 0 saturated heterocycles. The van der Waals surface area contributed by atoms with Crippen LogP contribution in [0.3, 0.4) is 0 Å². The number of hydrogen-bond donors (Lipinski definition) is 6. The van der Waals surface area contributed by atoms with Gasteiger partial charge in [-0.1, -0.05) is 96.8 Å². The zero-order chi connectivity index (χ0) is 47.5. The third-order valence-corrected chi connectivity index (χ3v) is 16.0. The highest BCUT2D eigenvalue weighted by Crippen LogP contribution is 2.22. The van der Waals surface area contributed by atoms with Crippen LogP contribution in [0.4, 0.5) is 0 Å². The fourth-order valence-corrected chi connectivity index (χ4v) is 11.1. The van der Waals surface area contributed by atoms with Crippen LogP contribution in [0.25, 0.3) is 0 Å². The van der Waals surface area contributed by atoms with Crippen LogP contribution < -0.4 is 0 Å². The maximum Gasteiger partial charge on any atom is 0.502 e. The van der Waals surface area contributed by atoms with E-state index in [-0.39, 0.29) is 98.2 Å². The first kappa shape index (κ1) is 62.5. The van der Waals surface area contributed by atoms with Gasteiger partial charge in [0, 0.05) is 64.8 Å². The highest BCUT2D eigenvalue weighted by atomic mass is 32.2. The zero-order valence-corrected chi connectivity index (χ0v) is 42.5. The third-order valence-electron chi connectivity index (χ3n) is 11.0. The van der Waals surface area contributed by atoms with Crippen molar-refractivity contribution in [1.29, 1.82) is 0 Å². The second-order valence-electron chi connectivity index (χ2n) is 17.3. The van der Waals surface area contributed by atoms with E-state index < -0.39 is 56.4 Å². The molecule has 23 heteroatoms. The fraction of sp³-hybridized carbons (Fsp3) is 1.00. The van der Waals surface area contributed by atoms with Gasteiger partial charge in [-0.05, 0) is 12.8 Å². The first-order valence-corrected chi connectivity index (χ1v) is 30.0. The van der Waals surface area contributed by atoms with E-state index in [0.717, 1.165) is 25.9 Å². The van der Waals surface area contributed by atoms with Gasteiger partial charge in [0.05, 0.1) is 84.2 Å². The fourth-order valence-electron chi connectivity index (χ4n) is 7.18. The Morgan fingerprint density at radius 3 is 1.14 bits per heavy atom. The maximum absolute atomic E-state index is 11.6. The van der Waals surface area contributed by atoms with E-state index in [2.05, 4.69) is 21.0 Å². The largest absolute Gasteiger partial charge is 0.502 e. The molecule has 0 aliphatic rings. The van der Waals surface area contributed by atoms with E-state index in [1.54, 1.807) is 9.80 Å². The first-order chi connectivity index (χ1) is 29.7. The first-order valence-electron chi connectivity index (χ1n) is 23.3. The summed E-state index contributed by atoms with van der Waals surface area (Å²) in [5, 5.41) is 29.0. The number of aliphatic hydroxyl groups excluding tert-OH is 3. The molecule has 0 aromatic rings. The van der Waals surface area contributed by atoms with Gasteiger partial charge >= 0.3 is 8.80 Å². The summed E-state index contributed by atoms with van der Waals surface area (Å²) in [6.07, 6.45) is 21.3. The van der Waals surface area contributed by atoms with Crippen LogP contribution in [0.5, 0.6) is 0 Å². The van der Waals surface area contributed by atoms with Crippen LogP contribution in [0.1, 0.15) is 116 Å². The lowest BCUT2D eigenvalue weighted by Crippen LogP contribution is -2.52. The Morgan fingerprint density at radius 2 is 0.778 bits per heavy atom. The molecule has 0 amide bonds. The lowest BCUT2D eigenvalue weighted by atomic mass is 10.0. The molecule has 380 valence electrons. The quantitative estimate of drug-likeness (QED) is 0.0168. The van der Waals surface area contributed by atoms with E-state index in [1.807, 2.05) is 0 Å². The van der Waals surface area contributed by atoms with Crippen LogP contribution in [0, 0.1) is 0 Å². The van der Waals surface area contributed by atoms with E-state index in [9.17, 15) is 54.2 Å². The van der Waals surface area contributed by atoms with Crippen molar-refractivity contribution in [2.24, 2.45) is 0 Å². The van der Waals surface area contributed by atoms with Gasteiger partial charge in [-0.3, -0.25) is 28.4 Å². The van der Waals surface area contributed by atoms with Crippen molar-refractivity contribution in [1.82, 2.24) is 14.7 Å². The molecule has 0 aromatic heterocycles. The molecule has 0 heterocycles. The molecule has 0 aromatic carbocycles. The van der Waals surface area contributed by atoms with Crippen LogP contribution >= 0.6 is 0 Å². The van der Waals surface area contributed by atoms with Crippen LogP contribution in [-0.2, 0) is 43.6 Å². The minimum atomic E-state index is -4.34. The van der Waals surface area contributed by atoms with Gasteiger partial charge in [0.2, 0.25) is 0 Å². The zero-order valence-electron chi connectivity index (χ0n) is 39.0. The number of hydrogen-bond acceptors (Lipinski definition) is 15. The Kier molecular flexibility index (Phi) is 36.3. The van der Waals surface area contributed by atoms with E-state index in [4.69, 9.17) is 13.3 Å². The lowest BCUT2D eigenvalue weighted by molar-refractivity contribution is -0.890. The summed E-state index contributed by atoms with van der Waals surface area (Å²) >= 11 is 0. The van der Waals surface area contributed by atoms with Crippen molar-refractivity contribution in [3.63, 3.8) is 0 Å². The topological polar surface area (TPSA) is 261 Å². The SMILES string of the molecule is CCCCCCCCCCCCCCCCCC[N+](C)(C)CCC[Si](OCCN(CCO)CCS(=O)(=O)O)(OCCN(CCO)CCS(=O)(=O)O)OCN(CCO)CCS(=O)(=O)O. The highest BCUT2D eigenvalue weighted by molar-refractivity contribution is 7.86. The number of aliphatic hydroxyl groups is 3. The predicted octanol–water partition coefficient (Wildman–Crippen LogP) is 3.21. The molecule has 0 spiro atoms. The molecule has 6 N–H and O–H groups in total. The molecule has 19 nitrogen and oxygen atoms in total. The molecule has 0 atom stereocenters. The number of nitrogens with zero attached hydrogens (tertiary/aromatic N) is 4. The molecule has 0 bridgehead atoms. The van der Waals surface area contributed by atoms with Crippen molar-refractivity contribution in [3.8, 4) is 0 Å². The Bertz CT molecular complexity index is 1380. The summed E-state index contributed by atoms with van der Waals surface area (Å²) in [7, 11) is -12.4. The van der Waals surface area contributed by atoms with Gasteiger partial charge in [-0.15, -0.1) is 0 Å². The van der Waals surface area contributed by atoms with Gasteiger partial charge in [0.1, 0.15) is 0 Å². The lowest BCUT2D eigenvalue weighted by Gasteiger charge is -2.35. The van der Waals surface area contributed by atoms with E-state index in [1.165, 1.54) is 94.8 Å². The van der Waals surface area contributed by atoms with Crippen LogP contribution in [0.2, 0.25) is 6.04 Å². The predicted molar refractivity (Wildman–Crippen MR) is 249 cm³/mol. The molecule has 63 heavy (non-hydrogen) atoms. The van der Waals surface area contributed by atoms with Gasteiger partial charge < -0.3 is 33.1 Å². The van der Waals surface area contributed by atoms with Crippen LogP contribution in [0.15, 0.2) is 0 Å². The molecule has 0 fully saturated rings. The summed E-state index contributed by atoms with van der Waals surface area (Å²) in [6, 6.07) is 0.287. The van der Waals surface area contributed by atoms with Crippen molar-refractivity contribution in [3.05, 3.63) is 0 Å². The van der Waals surface area contributed by atoms with Gasteiger partial charge in [-0.2, -0.15) is 25.3 Å². The summed E-state index contributed by atoms with van der Waals surface area (Å²) < 4.78 is 117. The molecule has 0 radical (unpaired) electrons. The van der Waals surface area contributed by atoms with E-state index >= 15 is 0 Å². The van der Waals surface area contributed by atoms with Crippen molar-refractivity contribution < 1.29 is 72.0 Å². The van der Waals surface area contributed by atoms with Gasteiger partial charge in [0.25, 0.3) is 30.4 Å². The number of unbranched alkanes of at least 4 members (excludes halogenated alkanes) is 15. The van der Waals surface area contributed by atoms with Crippen molar-refractivity contribution in [2.45, 2.75) is 122 Å². The molecule has 0 rings (SSSR count). The number of rotatable bonds is 47. The Morgan fingerprint density at radius 1 is 0.444 bits per heavy atom. The Balaban J connectivity index is 5.75. The van der Waals surface area contributed by atoms with Crippen molar-refractivity contribution in [2.75, 3.05) is 137 Å².